The van der Waals surface area contributed by atoms with E-state index in [-0.39, 0.29) is 5.91 Å². The Hall–Kier alpha value is -1.58. The van der Waals surface area contributed by atoms with Crippen LogP contribution < -0.4 is 5.32 Å². The second-order valence-electron chi connectivity index (χ2n) is 5.29. The van der Waals surface area contributed by atoms with Crippen molar-refractivity contribution in [2.45, 2.75) is 39.7 Å². The molecule has 19 heavy (non-hydrogen) atoms. The first-order chi connectivity index (χ1) is 9.20. The highest BCUT2D eigenvalue weighted by Crippen LogP contribution is 2.21. The second kappa shape index (κ2) is 6.55. The quantitative estimate of drug-likeness (QED) is 0.906. The van der Waals surface area contributed by atoms with Crippen molar-refractivity contribution >= 4 is 11.7 Å². The third-order valence-corrected chi connectivity index (χ3v) is 3.69. The zero-order valence-electron chi connectivity index (χ0n) is 11.9. The molecular weight excluding hydrogens is 238 g/mol. The van der Waals surface area contributed by atoms with Crippen LogP contribution >= 0.6 is 0 Å². The summed E-state index contributed by atoms with van der Waals surface area (Å²) in [7, 11) is 0. The van der Waals surface area contributed by atoms with Crippen molar-refractivity contribution in [2.75, 3.05) is 18.4 Å². The van der Waals surface area contributed by atoms with Gasteiger partial charge in [0.2, 0.25) is 5.91 Å². The Balaban J connectivity index is 2.09. The maximum Gasteiger partial charge on any atom is 0.222 e. The third-order valence-electron chi connectivity index (χ3n) is 3.69. The number of carbonyl (C=O) groups is 1. The van der Waals surface area contributed by atoms with Crippen molar-refractivity contribution in [3.8, 4) is 0 Å². The number of carbonyl (C=O) groups excluding carboxylic acids is 1. The van der Waals surface area contributed by atoms with Crippen LogP contribution in [0.1, 0.15) is 38.7 Å². The molecule has 1 aliphatic rings. The number of hydrogen-bond donors (Lipinski definition) is 1. The Morgan fingerprint density at radius 1 is 1.47 bits per heavy atom. The Morgan fingerprint density at radius 2 is 2.32 bits per heavy atom. The van der Waals surface area contributed by atoms with E-state index in [0.29, 0.717) is 18.9 Å². The molecule has 1 saturated heterocycles. The van der Waals surface area contributed by atoms with Crippen molar-refractivity contribution in [3.63, 3.8) is 0 Å². The van der Waals surface area contributed by atoms with Crippen LogP contribution in [0.2, 0.25) is 0 Å². The van der Waals surface area contributed by atoms with Gasteiger partial charge in [0.1, 0.15) is 5.82 Å². The highest BCUT2D eigenvalue weighted by Gasteiger charge is 2.21. The lowest BCUT2D eigenvalue weighted by molar-refractivity contribution is -0.131. The Labute approximate surface area is 115 Å². The number of likely N-dealkylation sites (tertiary alicyclic amines) is 1. The molecule has 1 N–H and O–H groups in total. The fourth-order valence-electron chi connectivity index (χ4n) is 2.44. The predicted octanol–water partition coefficient (Wildman–Crippen LogP) is 2.66. The summed E-state index contributed by atoms with van der Waals surface area (Å²) < 4.78 is 0. The minimum absolute atomic E-state index is 0.274. The molecule has 0 aromatic carbocycles. The van der Waals surface area contributed by atoms with Crippen LogP contribution in [0.3, 0.4) is 0 Å². The van der Waals surface area contributed by atoms with Gasteiger partial charge in [-0.15, -0.1) is 0 Å². The first kappa shape index (κ1) is 13.8. The van der Waals surface area contributed by atoms with Gasteiger partial charge in [-0.25, -0.2) is 4.98 Å². The van der Waals surface area contributed by atoms with Crippen LogP contribution in [-0.2, 0) is 11.3 Å². The van der Waals surface area contributed by atoms with Gasteiger partial charge in [0.05, 0.1) is 0 Å². The molecule has 4 heteroatoms. The largest absolute Gasteiger partial charge is 0.370 e. The van der Waals surface area contributed by atoms with Crippen molar-refractivity contribution in [1.82, 2.24) is 9.88 Å². The van der Waals surface area contributed by atoms with Gasteiger partial charge in [-0.3, -0.25) is 4.79 Å². The maximum atomic E-state index is 12.1. The highest BCUT2D eigenvalue weighted by atomic mass is 16.2. The monoisotopic (exact) mass is 261 g/mol. The van der Waals surface area contributed by atoms with Crippen LogP contribution in [0.5, 0.6) is 0 Å². The van der Waals surface area contributed by atoms with Gasteiger partial charge in [0, 0.05) is 37.8 Å². The Morgan fingerprint density at radius 3 is 3.11 bits per heavy atom. The number of aromatic nitrogens is 1. The molecule has 1 fully saturated rings. The summed E-state index contributed by atoms with van der Waals surface area (Å²) in [6, 6.07) is 3.98. The molecule has 0 spiro atoms. The van der Waals surface area contributed by atoms with E-state index < -0.39 is 0 Å². The lowest BCUT2D eigenvalue weighted by Crippen LogP contribution is -2.30. The molecular formula is C15H23N3O. The fraction of sp³-hybridized carbons (Fsp3) is 0.600. The van der Waals surface area contributed by atoms with Crippen molar-refractivity contribution in [1.29, 1.82) is 0 Å². The number of anilines is 1. The second-order valence-corrected chi connectivity index (χ2v) is 5.29. The number of amides is 1. The van der Waals surface area contributed by atoms with E-state index in [2.05, 4.69) is 24.1 Å². The number of rotatable bonds is 4. The average Bonchev–Trinajstić information content (AvgIpc) is 2.57. The average molecular weight is 261 g/mol. The van der Waals surface area contributed by atoms with Crippen molar-refractivity contribution < 1.29 is 4.79 Å². The number of hydrogen-bond acceptors (Lipinski definition) is 3. The normalized spacial score (nSPS) is 20.2. The van der Waals surface area contributed by atoms with Crippen molar-refractivity contribution in [3.05, 3.63) is 23.9 Å². The zero-order chi connectivity index (χ0) is 13.7. The van der Waals surface area contributed by atoms with Gasteiger partial charge in [0.25, 0.3) is 0 Å². The molecule has 1 aliphatic heterocycles. The van der Waals surface area contributed by atoms with Crippen LogP contribution in [0.25, 0.3) is 0 Å². The number of nitrogens with zero attached hydrogens (tertiary/aromatic N) is 2. The smallest absolute Gasteiger partial charge is 0.222 e. The number of pyridine rings is 1. The molecule has 2 heterocycles. The van der Waals surface area contributed by atoms with E-state index in [1.807, 2.05) is 17.0 Å². The minimum atomic E-state index is 0.274. The molecule has 104 valence electrons. The molecule has 0 bridgehead atoms. The Bertz CT molecular complexity index is 433. The van der Waals surface area contributed by atoms with Crippen LogP contribution in [0.15, 0.2) is 18.3 Å². The number of nitrogens with one attached hydrogen (secondary N) is 1. The Kier molecular flexibility index (Phi) is 4.77. The zero-order valence-corrected chi connectivity index (χ0v) is 11.9. The van der Waals surface area contributed by atoms with Gasteiger partial charge >= 0.3 is 0 Å². The fourth-order valence-corrected chi connectivity index (χ4v) is 2.44. The van der Waals surface area contributed by atoms with E-state index >= 15 is 0 Å². The molecule has 0 saturated carbocycles. The molecule has 0 aliphatic carbocycles. The molecule has 0 radical (unpaired) electrons. The van der Waals surface area contributed by atoms with Crippen LogP contribution in [0.4, 0.5) is 5.82 Å². The third kappa shape index (κ3) is 3.69. The van der Waals surface area contributed by atoms with E-state index in [9.17, 15) is 4.79 Å². The minimum Gasteiger partial charge on any atom is -0.370 e. The topological polar surface area (TPSA) is 45.2 Å². The van der Waals surface area contributed by atoms with Gasteiger partial charge in [-0.1, -0.05) is 13.0 Å². The summed E-state index contributed by atoms with van der Waals surface area (Å²) in [5, 5.41) is 3.26. The van der Waals surface area contributed by atoms with Crippen LogP contribution in [-0.4, -0.2) is 28.9 Å². The highest BCUT2D eigenvalue weighted by molar-refractivity contribution is 5.76. The van der Waals surface area contributed by atoms with E-state index in [1.165, 1.54) is 0 Å². The maximum absolute atomic E-state index is 12.1. The lowest BCUT2D eigenvalue weighted by Gasteiger charge is -2.22. The summed E-state index contributed by atoms with van der Waals surface area (Å²) >= 11 is 0. The van der Waals surface area contributed by atoms with Gasteiger partial charge in [-0.2, -0.15) is 0 Å². The summed E-state index contributed by atoms with van der Waals surface area (Å²) in [5.74, 6) is 1.82. The van der Waals surface area contributed by atoms with Gasteiger partial charge in [0.15, 0.2) is 0 Å². The SMILES string of the molecule is CCNc1ncccc1CN1CCC(C)CCC1=O. The summed E-state index contributed by atoms with van der Waals surface area (Å²) in [5.41, 5.74) is 1.10. The molecule has 1 amide bonds. The first-order valence-corrected chi connectivity index (χ1v) is 7.16. The molecule has 1 aromatic heterocycles. The standard InChI is InChI=1S/C15H23N3O/c1-3-16-15-13(5-4-9-17-15)11-18-10-8-12(2)6-7-14(18)19/h4-5,9,12H,3,6-8,10-11H2,1-2H3,(H,16,17). The molecule has 1 atom stereocenters. The predicted molar refractivity (Wildman–Crippen MR) is 76.8 cm³/mol. The lowest BCUT2D eigenvalue weighted by atomic mass is 10.0. The van der Waals surface area contributed by atoms with Gasteiger partial charge in [-0.05, 0) is 31.7 Å². The van der Waals surface area contributed by atoms with E-state index in [4.69, 9.17) is 0 Å². The van der Waals surface area contributed by atoms with E-state index in [1.54, 1.807) is 6.20 Å². The van der Waals surface area contributed by atoms with Crippen molar-refractivity contribution in [2.24, 2.45) is 5.92 Å². The molecule has 2 rings (SSSR count). The van der Waals surface area contributed by atoms with E-state index in [0.717, 1.165) is 37.3 Å². The summed E-state index contributed by atoms with van der Waals surface area (Å²) in [4.78, 5) is 18.4. The molecule has 4 nitrogen and oxygen atoms in total. The van der Waals surface area contributed by atoms with Gasteiger partial charge < -0.3 is 10.2 Å². The molecule has 1 aromatic rings. The molecule has 1 unspecified atom stereocenters. The first-order valence-electron chi connectivity index (χ1n) is 7.16. The summed E-state index contributed by atoms with van der Waals surface area (Å²) in [6.45, 7) is 6.65. The summed E-state index contributed by atoms with van der Waals surface area (Å²) in [6.07, 6.45) is 4.58. The van der Waals surface area contributed by atoms with Crippen LogP contribution in [0, 0.1) is 5.92 Å².